The highest BCUT2D eigenvalue weighted by atomic mass is 19.4. The van der Waals surface area contributed by atoms with Crippen molar-refractivity contribution < 1.29 is 37.0 Å². The van der Waals surface area contributed by atoms with E-state index in [1.165, 1.54) is 25.3 Å². The van der Waals surface area contributed by atoms with Gasteiger partial charge in [-0.15, -0.1) is 6.58 Å². The number of ether oxygens (including phenoxy) is 3. The average molecular weight is 465 g/mol. The molecule has 0 radical (unpaired) electrons. The minimum atomic E-state index is -4.70. The molecule has 0 fully saturated rings. The summed E-state index contributed by atoms with van der Waals surface area (Å²) in [6.07, 6.45) is -4.01. The van der Waals surface area contributed by atoms with Crippen molar-refractivity contribution >= 4 is 17.6 Å². The maximum absolute atomic E-state index is 13.8. The second kappa shape index (κ2) is 10.4. The minimum absolute atomic E-state index is 0.120. The number of hydrogen-bond donors (Lipinski definition) is 1. The molecule has 0 aliphatic heterocycles. The Morgan fingerprint density at radius 3 is 2.06 bits per heavy atom. The monoisotopic (exact) mass is 465 g/mol. The summed E-state index contributed by atoms with van der Waals surface area (Å²) < 4.78 is 56.4. The molecular formula is C24H26F3NO5. The molecule has 0 aromatic heterocycles. The number of allylic oxidation sites excluding steroid dienone is 1. The van der Waals surface area contributed by atoms with Crippen molar-refractivity contribution in [2.24, 2.45) is 5.41 Å². The van der Waals surface area contributed by atoms with E-state index in [1.807, 2.05) is 0 Å². The molecule has 9 heteroatoms. The first kappa shape index (κ1) is 25.8. The van der Waals surface area contributed by atoms with E-state index in [4.69, 9.17) is 19.9 Å². The summed E-state index contributed by atoms with van der Waals surface area (Å²) in [6, 6.07) is 9.73. The summed E-state index contributed by atoms with van der Waals surface area (Å²) in [7, 11) is 3.64. The van der Waals surface area contributed by atoms with Crippen LogP contribution in [0.4, 0.5) is 18.9 Å². The molecule has 0 spiro atoms. The molecule has 2 aromatic rings. The van der Waals surface area contributed by atoms with Gasteiger partial charge in [0.1, 0.15) is 5.75 Å². The molecule has 178 valence electrons. The van der Waals surface area contributed by atoms with Crippen molar-refractivity contribution in [1.29, 1.82) is 0 Å². The number of hydrogen-bond acceptors (Lipinski definition) is 6. The van der Waals surface area contributed by atoms with Gasteiger partial charge < -0.3 is 19.9 Å². The second-order valence-electron chi connectivity index (χ2n) is 7.35. The van der Waals surface area contributed by atoms with Gasteiger partial charge in [-0.05, 0) is 48.2 Å². The van der Waals surface area contributed by atoms with Crippen LogP contribution in [-0.2, 0) is 31.7 Å². The summed E-state index contributed by atoms with van der Waals surface area (Å²) in [5, 5.41) is 0. The molecule has 1 unspecified atom stereocenters. The third kappa shape index (κ3) is 5.13. The Bertz CT molecular complexity index is 986. The molecule has 0 saturated heterocycles. The summed E-state index contributed by atoms with van der Waals surface area (Å²) >= 11 is 0. The number of carbonyl (C=O) groups is 2. The number of nitrogens with two attached hydrogens (primary N) is 1. The number of carbonyl (C=O) groups excluding carboxylic acids is 2. The van der Waals surface area contributed by atoms with Gasteiger partial charge in [-0.1, -0.05) is 24.3 Å². The van der Waals surface area contributed by atoms with Crippen LogP contribution < -0.4 is 10.5 Å². The van der Waals surface area contributed by atoms with Gasteiger partial charge in [-0.2, -0.15) is 13.2 Å². The molecule has 2 aromatic carbocycles. The van der Waals surface area contributed by atoms with Crippen LogP contribution in [0.1, 0.15) is 29.0 Å². The van der Waals surface area contributed by atoms with E-state index < -0.39 is 41.4 Å². The van der Waals surface area contributed by atoms with E-state index in [-0.39, 0.29) is 17.7 Å². The van der Waals surface area contributed by atoms with Crippen molar-refractivity contribution in [2.45, 2.75) is 24.9 Å². The van der Waals surface area contributed by atoms with Crippen LogP contribution in [0.25, 0.3) is 0 Å². The Labute approximate surface area is 190 Å². The SMILES string of the molecule is C=CCC(C(=O)OC)(C(=O)OC)C(Cc1c(N)cccc1C(F)(F)F)c1ccc(OC)cc1. The normalized spacial score (nSPS) is 12.5. The fraction of sp³-hybridized carbons (Fsp3) is 0.333. The maximum Gasteiger partial charge on any atom is 0.416 e. The van der Waals surface area contributed by atoms with E-state index >= 15 is 0 Å². The first-order chi connectivity index (χ1) is 15.6. The van der Waals surface area contributed by atoms with E-state index in [9.17, 15) is 22.8 Å². The summed E-state index contributed by atoms with van der Waals surface area (Å²) in [6.45, 7) is 3.62. The number of esters is 2. The zero-order valence-electron chi connectivity index (χ0n) is 18.6. The van der Waals surface area contributed by atoms with Crippen molar-refractivity contribution in [1.82, 2.24) is 0 Å². The Morgan fingerprint density at radius 1 is 1.03 bits per heavy atom. The van der Waals surface area contributed by atoms with Crippen molar-refractivity contribution in [3.8, 4) is 5.75 Å². The van der Waals surface area contributed by atoms with Crippen molar-refractivity contribution in [3.05, 3.63) is 71.8 Å². The summed E-state index contributed by atoms with van der Waals surface area (Å²) in [5.41, 5.74) is 3.02. The van der Waals surface area contributed by atoms with Gasteiger partial charge >= 0.3 is 18.1 Å². The van der Waals surface area contributed by atoms with E-state index in [0.29, 0.717) is 11.3 Å². The third-order valence-corrected chi connectivity index (χ3v) is 5.60. The lowest BCUT2D eigenvalue weighted by atomic mass is 9.66. The number of methoxy groups -OCH3 is 3. The molecule has 0 saturated carbocycles. The lowest BCUT2D eigenvalue weighted by molar-refractivity contribution is -0.171. The Kier molecular flexibility index (Phi) is 8.13. The van der Waals surface area contributed by atoms with Gasteiger partial charge in [-0.25, -0.2) is 0 Å². The molecule has 0 aliphatic rings. The molecule has 2 rings (SSSR count). The zero-order chi connectivity index (χ0) is 24.8. The Hall–Kier alpha value is -3.49. The lowest BCUT2D eigenvalue weighted by Crippen LogP contribution is -2.47. The van der Waals surface area contributed by atoms with Crippen LogP contribution in [0.15, 0.2) is 55.1 Å². The minimum Gasteiger partial charge on any atom is -0.497 e. The highest BCUT2D eigenvalue weighted by Crippen LogP contribution is 2.47. The molecule has 33 heavy (non-hydrogen) atoms. The summed E-state index contributed by atoms with van der Waals surface area (Å²) in [4.78, 5) is 26.1. The third-order valence-electron chi connectivity index (χ3n) is 5.60. The standard InChI is InChI=1S/C24H26F3NO5/c1-5-13-23(21(29)32-3,22(30)33-4)19(15-9-11-16(31-2)12-10-15)14-17-18(24(25,26)27)7-6-8-20(17)28/h5-12,19H,1,13-14,28H2,2-4H3. The van der Waals surface area contributed by atoms with Gasteiger partial charge in [0.2, 0.25) is 0 Å². The zero-order valence-corrected chi connectivity index (χ0v) is 18.6. The predicted octanol–water partition coefficient (Wildman–Crippen LogP) is 4.53. The quantitative estimate of drug-likeness (QED) is 0.253. The largest absolute Gasteiger partial charge is 0.497 e. The fourth-order valence-corrected chi connectivity index (χ4v) is 3.98. The number of benzene rings is 2. The van der Waals surface area contributed by atoms with Crippen LogP contribution in [0.5, 0.6) is 5.75 Å². The molecule has 0 bridgehead atoms. The van der Waals surface area contributed by atoms with Crippen LogP contribution in [-0.4, -0.2) is 33.3 Å². The number of rotatable bonds is 9. The van der Waals surface area contributed by atoms with E-state index in [1.54, 1.807) is 24.3 Å². The predicted molar refractivity (Wildman–Crippen MR) is 117 cm³/mol. The van der Waals surface area contributed by atoms with E-state index in [0.717, 1.165) is 20.3 Å². The van der Waals surface area contributed by atoms with Crippen LogP contribution in [0, 0.1) is 5.41 Å². The second-order valence-corrected chi connectivity index (χ2v) is 7.35. The number of anilines is 1. The van der Waals surface area contributed by atoms with Gasteiger partial charge in [-0.3, -0.25) is 9.59 Å². The molecule has 0 amide bonds. The van der Waals surface area contributed by atoms with Gasteiger partial charge in [0.15, 0.2) is 5.41 Å². The Balaban J connectivity index is 2.85. The topological polar surface area (TPSA) is 87.9 Å². The lowest BCUT2D eigenvalue weighted by Gasteiger charge is -2.36. The van der Waals surface area contributed by atoms with Crippen LogP contribution in [0.2, 0.25) is 0 Å². The first-order valence-corrected chi connectivity index (χ1v) is 9.93. The van der Waals surface area contributed by atoms with Gasteiger partial charge in [0.05, 0.1) is 26.9 Å². The van der Waals surface area contributed by atoms with Crippen LogP contribution >= 0.6 is 0 Å². The first-order valence-electron chi connectivity index (χ1n) is 9.93. The molecule has 2 N–H and O–H groups in total. The van der Waals surface area contributed by atoms with Crippen LogP contribution in [0.3, 0.4) is 0 Å². The fourth-order valence-electron chi connectivity index (χ4n) is 3.98. The average Bonchev–Trinajstić information content (AvgIpc) is 2.80. The Morgan fingerprint density at radius 2 is 1.61 bits per heavy atom. The molecular weight excluding hydrogens is 439 g/mol. The van der Waals surface area contributed by atoms with Crippen molar-refractivity contribution in [2.75, 3.05) is 27.1 Å². The van der Waals surface area contributed by atoms with Gasteiger partial charge in [0, 0.05) is 11.6 Å². The van der Waals surface area contributed by atoms with Gasteiger partial charge in [0.25, 0.3) is 0 Å². The maximum atomic E-state index is 13.8. The highest BCUT2D eigenvalue weighted by Gasteiger charge is 2.54. The number of nitrogen functional groups attached to an aromatic ring is 1. The van der Waals surface area contributed by atoms with Crippen molar-refractivity contribution in [3.63, 3.8) is 0 Å². The summed E-state index contributed by atoms with van der Waals surface area (Å²) in [5.74, 6) is -2.57. The van der Waals surface area contributed by atoms with E-state index in [2.05, 4.69) is 6.58 Å². The molecule has 6 nitrogen and oxygen atoms in total. The smallest absolute Gasteiger partial charge is 0.416 e. The molecule has 0 aliphatic carbocycles. The number of alkyl halides is 3. The molecule has 0 heterocycles. The highest BCUT2D eigenvalue weighted by molar-refractivity contribution is 6.01. The molecule has 1 atom stereocenters. The number of halogens is 3.